The SMILES string of the molecule is CC(=O)OCCCCCCCCCCCCCCCCO. The Labute approximate surface area is 131 Å². The van der Waals surface area contributed by atoms with Gasteiger partial charge < -0.3 is 9.84 Å². The van der Waals surface area contributed by atoms with Crippen molar-refractivity contribution in [3.05, 3.63) is 0 Å². The lowest BCUT2D eigenvalue weighted by Crippen LogP contribution is -2.00. The molecule has 21 heavy (non-hydrogen) atoms. The Bertz CT molecular complexity index is 217. The van der Waals surface area contributed by atoms with Crippen LogP contribution in [-0.4, -0.2) is 24.3 Å². The highest BCUT2D eigenvalue weighted by Gasteiger charge is 1.95. The van der Waals surface area contributed by atoms with E-state index >= 15 is 0 Å². The van der Waals surface area contributed by atoms with Crippen LogP contribution in [0.1, 0.15) is 96.8 Å². The van der Waals surface area contributed by atoms with Crippen LogP contribution in [0.15, 0.2) is 0 Å². The number of rotatable bonds is 16. The van der Waals surface area contributed by atoms with Crippen molar-refractivity contribution in [3.63, 3.8) is 0 Å². The third-order valence-corrected chi connectivity index (χ3v) is 3.86. The average Bonchev–Trinajstić information content (AvgIpc) is 2.46. The lowest BCUT2D eigenvalue weighted by Gasteiger charge is -2.03. The zero-order valence-electron chi connectivity index (χ0n) is 14.1. The van der Waals surface area contributed by atoms with Crippen molar-refractivity contribution in [1.82, 2.24) is 0 Å². The normalized spacial score (nSPS) is 10.8. The summed E-state index contributed by atoms with van der Waals surface area (Å²) < 4.78 is 4.90. The number of carbonyl (C=O) groups is 1. The summed E-state index contributed by atoms with van der Waals surface area (Å²) in [6.45, 7) is 2.41. The zero-order valence-corrected chi connectivity index (χ0v) is 14.1. The van der Waals surface area contributed by atoms with E-state index in [1.165, 1.54) is 84.0 Å². The highest BCUT2D eigenvalue weighted by molar-refractivity contribution is 5.65. The van der Waals surface area contributed by atoms with Gasteiger partial charge in [0.25, 0.3) is 0 Å². The molecule has 0 aromatic rings. The molecule has 0 radical (unpaired) electrons. The molecule has 1 N–H and O–H groups in total. The van der Waals surface area contributed by atoms with Crippen LogP contribution in [0.4, 0.5) is 0 Å². The van der Waals surface area contributed by atoms with Crippen LogP contribution < -0.4 is 0 Å². The Hall–Kier alpha value is -0.570. The van der Waals surface area contributed by atoms with Gasteiger partial charge in [0, 0.05) is 13.5 Å². The van der Waals surface area contributed by atoms with Crippen LogP contribution in [0, 0.1) is 0 Å². The number of carbonyl (C=O) groups excluding carboxylic acids is 1. The minimum absolute atomic E-state index is 0.164. The van der Waals surface area contributed by atoms with Gasteiger partial charge in [0.05, 0.1) is 6.61 Å². The summed E-state index contributed by atoms with van der Waals surface area (Å²) in [5, 5.41) is 8.67. The van der Waals surface area contributed by atoms with Crippen molar-refractivity contribution >= 4 is 5.97 Å². The summed E-state index contributed by atoms with van der Waals surface area (Å²) in [5.74, 6) is -0.164. The maximum atomic E-state index is 10.6. The van der Waals surface area contributed by atoms with E-state index in [-0.39, 0.29) is 5.97 Å². The third-order valence-electron chi connectivity index (χ3n) is 3.86. The summed E-state index contributed by atoms with van der Waals surface area (Å²) in [6.07, 6.45) is 17.8. The van der Waals surface area contributed by atoms with Crippen molar-refractivity contribution in [2.24, 2.45) is 0 Å². The van der Waals surface area contributed by atoms with Gasteiger partial charge in [0.2, 0.25) is 0 Å². The molecule has 126 valence electrons. The third kappa shape index (κ3) is 19.4. The summed E-state index contributed by atoms with van der Waals surface area (Å²) in [4.78, 5) is 10.6. The summed E-state index contributed by atoms with van der Waals surface area (Å²) in [6, 6.07) is 0. The quantitative estimate of drug-likeness (QED) is 0.322. The highest BCUT2D eigenvalue weighted by atomic mass is 16.5. The number of hydrogen-bond acceptors (Lipinski definition) is 3. The first-order chi connectivity index (χ1) is 10.3. The van der Waals surface area contributed by atoms with Crippen molar-refractivity contribution in [2.45, 2.75) is 96.8 Å². The van der Waals surface area contributed by atoms with Gasteiger partial charge in [-0.3, -0.25) is 4.79 Å². The van der Waals surface area contributed by atoms with Crippen LogP contribution >= 0.6 is 0 Å². The second-order valence-corrected chi connectivity index (χ2v) is 6.01. The first-order valence-corrected chi connectivity index (χ1v) is 9.01. The van der Waals surface area contributed by atoms with Gasteiger partial charge >= 0.3 is 5.97 Å². The van der Waals surface area contributed by atoms with E-state index < -0.39 is 0 Å². The number of unbranched alkanes of at least 4 members (excludes halogenated alkanes) is 13. The molecule has 0 fully saturated rings. The van der Waals surface area contributed by atoms with Crippen molar-refractivity contribution in [1.29, 1.82) is 0 Å². The monoisotopic (exact) mass is 300 g/mol. The molecule has 0 heterocycles. The Kier molecular flexibility index (Phi) is 17.0. The smallest absolute Gasteiger partial charge is 0.302 e. The van der Waals surface area contributed by atoms with E-state index in [1.54, 1.807) is 0 Å². The van der Waals surface area contributed by atoms with E-state index in [0.717, 1.165) is 12.8 Å². The maximum Gasteiger partial charge on any atom is 0.302 e. The van der Waals surface area contributed by atoms with E-state index in [0.29, 0.717) is 13.2 Å². The van der Waals surface area contributed by atoms with Crippen LogP contribution in [-0.2, 0) is 9.53 Å². The molecule has 0 rings (SSSR count). The second-order valence-electron chi connectivity index (χ2n) is 6.01. The first-order valence-electron chi connectivity index (χ1n) is 9.01. The lowest BCUT2D eigenvalue weighted by atomic mass is 10.0. The highest BCUT2D eigenvalue weighted by Crippen LogP contribution is 2.12. The average molecular weight is 300 g/mol. The van der Waals surface area contributed by atoms with Crippen LogP contribution in [0.25, 0.3) is 0 Å². The first kappa shape index (κ1) is 20.4. The van der Waals surface area contributed by atoms with Crippen LogP contribution in [0.5, 0.6) is 0 Å². The van der Waals surface area contributed by atoms with E-state index in [4.69, 9.17) is 9.84 Å². The molecular formula is C18H36O3. The fourth-order valence-electron chi connectivity index (χ4n) is 2.55. The van der Waals surface area contributed by atoms with E-state index in [2.05, 4.69) is 0 Å². The minimum Gasteiger partial charge on any atom is -0.466 e. The van der Waals surface area contributed by atoms with E-state index in [9.17, 15) is 4.79 Å². The topological polar surface area (TPSA) is 46.5 Å². The molecule has 0 amide bonds. The van der Waals surface area contributed by atoms with Crippen LogP contribution in [0.2, 0.25) is 0 Å². The van der Waals surface area contributed by atoms with Gasteiger partial charge in [0.15, 0.2) is 0 Å². The molecule has 0 aromatic heterocycles. The predicted molar refractivity (Wildman–Crippen MR) is 88.4 cm³/mol. The molecule has 0 bridgehead atoms. The van der Waals surface area contributed by atoms with Crippen molar-refractivity contribution < 1.29 is 14.6 Å². The molecule has 0 unspecified atom stereocenters. The Balaban J connectivity index is 2.95. The number of aliphatic hydroxyl groups excluding tert-OH is 1. The number of esters is 1. The molecule has 3 heteroatoms. The van der Waals surface area contributed by atoms with Gasteiger partial charge in [-0.25, -0.2) is 0 Å². The molecule has 0 aliphatic carbocycles. The summed E-state index contributed by atoms with van der Waals surface area (Å²) >= 11 is 0. The molecule has 3 nitrogen and oxygen atoms in total. The van der Waals surface area contributed by atoms with Crippen molar-refractivity contribution in [2.75, 3.05) is 13.2 Å². The molecule has 0 aliphatic rings. The molecule has 0 aliphatic heterocycles. The van der Waals surface area contributed by atoms with Gasteiger partial charge in [0.1, 0.15) is 0 Å². The zero-order chi connectivity index (χ0) is 15.6. The minimum atomic E-state index is -0.164. The molecular weight excluding hydrogens is 264 g/mol. The lowest BCUT2D eigenvalue weighted by molar-refractivity contribution is -0.141. The largest absolute Gasteiger partial charge is 0.466 e. The maximum absolute atomic E-state index is 10.6. The standard InChI is InChI=1S/C18H36O3/c1-18(20)21-17-15-13-11-9-7-5-3-2-4-6-8-10-12-14-16-19/h19H,2-17H2,1H3. The molecule has 0 saturated carbocycles. The number of hydrogen-bond donors (Lipinski definition) is 1. The fourth-order valence-corrected chi connectivity index (χ4v) is 2.55. The van der Waals surface area contributed by atoms with Gasteiger partial charge in [-0.15, -0.1) is 0 Å². The Morgan fingerprint density at radius 1 is 0.667 bits per heavy atom. The van der Waals surface area contributed by atoms with Crippen LogP contribution in [0.3, 0.4) is 0 Å². The van der Waals surface area contributed by atoms with Gasteiger partial charge in [-0.05, 0) is 12.8 Å². The molecule has 0 atom stereocenters. The van der Waals surface area contributed by atoms with Gasteiger partial charge in [-0.2, -0.15) is 0 Å². The fraction of sp³-hybridized carbons (Fsp3) is 0.944. The molecule has 0 spiro atoms. The number of ether oxygens (including phenoxy) is 1. The predicted octanol–water partition coefficient (Wildman–Crippen LogP) is 5.00. The molecule has 0 saturated heterocycles. The number of aliphatic hydroxyl groups is 1. The van der Waals surface area contributed by atoms with Crippen molar-refractivity contribution in [3.8, 4) is 0 Å². The van der Waals surface area contributed by atoms with Gasteiger partial charge in [-0.1, -0.05) is 77.0 Å². The Morgan fingerprint density at radius 3 is 1.33 bits per heavy atom. The summed E-state index contributed by atoms with van der Waals surface area (Å²) in [7, 11) is 0. The Morgan fingerprint density at radius 2 is 1.00 bits per heavy atom. The van der Waals surface area contributed by atoms with E-state index in [1.807, 2.05) is 0 Å². The molecule has 0 aromatic carbocycles. The summed E-state index contributed by atoms with van der Waals surface area (Å²) in [5.41, 5.74) is 0. The second kappa shape index (κ2) is 17.5.